The van der Waals surface area contributed by atoms with Crippen LogP contribution in [0.15, 0.2) is 47.4 Å². The van der Waals surface area contributed by atoms with Crippen LogP contribution in [-0.2, 0) is 26.2 Å². The van der Waals surface area contributed by atoms with Crippen molar-refractivity contribution in [1.82, 2.24) is 9.62 Å². The van der Waals surface area contributed by atoms with Gasteiger partial charge in [-0.1, -0.05) is 55.3 Å². The summed E-state index contributed by atoms with van der Waals surface area (Å²) in [6.45, 7) is 4.34. The molecule has 2 aromatic rings. The summed E-state index contributed by atoms with van der Waals surface area (Å²) in [6, 6.07) is 11.6. The summed E-state index contributed by atoms with van der Waals surface area (Å²) >= 11 is 6.51. The molecule has 0 unspecified atom stereocenters. The van der Waals surface area contributed by atoms with Crippen molar-refractivity contribution in [3.05, 3.63) is 53.1 Å². The molecule has 3 N–H and O–H groups in total. The summed E-state index contributed by atoms with van der Waals surface area (Å²) in [4.78, 5) is 25.4. The fourth-order valence-corrected chi connectivity index (χ4v) is 4.72. The van der Waals surface area contributed by atoms with Gasteiger partial charge in [0.15, 0.2) is 0 Å². The smallest absolute Gasteiger partial charge is 0.264 e. The molecule has 7 nitrogen and oxygen atoms in total. The highest BCUT2D eigenvalue weighted by Gasteiger charge is 2.21. The van der Waals surface area contributed by atoms with E-state index >= 15 is 0 Å². The van der Waals surface area contributed by atoms with Crippen LogP contribution < -0.4 is 10.5 Å². The monoisotopic (exact) mass is 465 g/mol. The predicted molar refractivity (Wildman–Crippen MR) is 122 cm³/mol. The molecular formula is C22H28ClN3O4S. The van der Waals surface area contributed by atoms with E-state index in [1.54, 1.807) is 41.3 Å². The molecule has 0 atom stereocenters. The Hall–Kier alpha value is -2.42. The zero-order valence-corrected chi connectivity index (χ0v) is 19.3. The number of benzene rings is 2. The zero-order chi connectivity index (χ0) is 23.0. The van der Waals surface area contributed by atoms with Crippen LogP contribution in [0, 0.1) is 0 Å². The molecule has 0 aliphatic carbocycles. The summed E-state index contributed by atoms with van der Waals surface area (Å²) < 4.78 is 27.1. The lowest BCUT2D eigenvalue weighted by molar-refractivity contribution is -0.131. The fraction of sp³-hybridized carbons (Fsp3) is 0.364. The van der Waals surface area contributed by atoms with Crippen LogP contribution in [-0.4, -0.2) is 38.2 Å². The Balaban J connectivity index is 2.35. The summed E-state index contributed by atoms with van der Waals surface area (Å²) in [5, 5.41) is 0.344. The minimum absolute atomic E-state index is 0.0410. The molecule has 2 amide bonds. The third-order valence-corrected chi connectivity index (χ3v) is 6.45. The van der Waals surface area contributed by atoms with E-state index < -0.39 is 15.9 Å². The van der Waals surface area contributed by atoms with Gasteiger partial charge in [-0.15, -0.1) is 0 Å². The average Bonchev–Trinajstić information content (AvgIpc) is 2.71. The third kappa shape index (κ3) is 6.78. The van der Waals surface area contributed by atoms with Crippen molar-refractivity contribution in [2.24, 2.45) is 5.73 Å². The van der Waals surface area contributed by atoms with Crippen molar-refractivity contribution >= 4 is 33.4 Å². The number of rotatable bonds is 10. The van der Waals surface area contributed by atoms with Gasteiger partial charge >= 0.3 is 0 Å². The highest BCUT2D eigenvalue weighted by atomic mass is 35.5. The molecule has 0 radical (unpaired) electrons. The van der Waals surface area contributed by atoms with Crippen molar-refractivity contribution in [3.63, 3.8) is 0 Å². The molecule has 31 heavy (non-hydrogen) atoms. The number of nitrogens with two attached hydrogens (primary N) is 1. The van der Waals surface area contributed by atoms with Gasteiger partial charge in [0.1, 0.15) is 0 Å². The van der Waals surface area contributed by atoms with Crippen molar-refractivity contribution in [2.75, 3.05) is 13.1 Å². The lowest BCUT2D eigenvalue weighted by Crippen LogP contribution is -2.34. The first kappa shape index (κ1) is 24.8. The highest BCUT2D eigenvalue weighted by Crippen LogP contribution is 2.33. The number of carbonyl (C=O) groups excluding carboxylic acids is 2. The molecule has 0 aliphatic heterocycles. The second-order valence-corrected chi connectivity index (χ2v) is 9.24. The fourth-order valence-electron chi connectivity index (χ4n) is 3.20. The summed E-state index contributed by atoms with van der Waals surface area (Å²) in [7, 11) is -4.04. The number of nitrogens with zero attached hydrogens (tertiary/aromatic N) is 1. The molecule has 0 heterocycles. The Morgan fingerprint density at radius 2 is 1.84 bits per heavy atom. The lowest BCUT2D eigenvalue weighted by atomic mass is 10.0. The van der Waals surface area contributed by atoms with E-state index in [4.69, 9.17) is 17.3 Å². The summed E-state index contributed by atoms with van der Waals surface area (Å²) in [5.74, 6) is -0.636. The molecule has 0 spiro atoms. The Morgan fingerprint density at radius 3 is 2.45 bits per heavy atom. The Labute approximate surface area is 188 Å². The quantitative estimate of drug-likeness (QED) is 0.559. The summed E-state index contributed by atoms with van der Waals surface area (Å²) in [5.41, 5.74) is 7.37. The maximum Gasteiger partial charge on any atom is 0.264 e. The number of amides is 2. The Kier molecular flexibility index (Phi) is 9.03. The molecular weight excluding hydrogens is 438 g/mol. The van der Waals surface area contributed by atoms with Gasteiger partial charge in [0, 0.05) is 49.1 Å². The molecule has 0 aliphatic rings. The molecule has 0 aromatic heterocycles. The second-order valence-electron chi connectivity index (χ2n) is 7.18. The first-order valence-electron chi connectivity index (χ1n) is 10.1. The van der Waals surface area contributed by atoms with E-state index in [1.807, 2.05) is 11.6 Å². The number of hydrogen-bond acceptors (Lipinski definition) is 5. The zero-order valence-electron chi connectivity index (χ0n) is 17.7. The standard InChI is InChI=1S/C22H28ClN3O4S/c1-3-4-9-22(28)26(13-12-24)15-17-10-11-18(20(23)14-17)19-7-5-6-8-21(19)31(29,30)25-16(2)27/h5-8,10-11,14H,3-4,9,12-13,15,24H2,1-2H3,(H,25,27). The number of unbranched alkanes of at least 4 members (excludes halogenated alkanes) is 1. The van der Waals surface area contributed by atoms with E-state index in [9.17, 15) is 18.0 Å². The molecule has 0 saturated heterocycles. The van der Waals surface area contributed by atoms with Crippen molar-refractivity contribution in [3.8, 4) is 11.1 Å². The van der Waals surface area contributed by atoms with Gasteiger partial charge in [0.2, 0.25) is 11.8 Å². The van der Waals surface area contributed by atoms with Crippen LogP contribution in [0.1, 0.15) is 38.7 Å². The van der Waals surface area contributed by atoms with Gasteiger partial charge < -0.3 is 10.6 Å². The van der Waals surface area contributed by atoms with Crippen LogP contribution in [0.4, 0.5) is 0 Å². The minimum Gasteiger partial charge on any atom is -0.337 e. The van der Waals surface area contributed by atoms with E-state index in [0.29, 0.717) is 42.2 Å². The van der Waals surface area contributed by atoms with Gasteiger partial charge in [-0.2, -0.15) is 0 Å². The van der Waals surface area contributed by atoms with Crippen LogP contribution in [0.5, 0.6) is 0 Å². The number of halogens is 1. The van der Waals surface area contributed by atoms with Crippen LogP contribution in [0.3, 0.4) is 0 Å². The molecule has 0 saturated carbocycles. The first-order valence-corrected chi connectivity index (χ1v) is 11.9. The molecule has 0 fully saturated rings. The first-order chi connectivity index (χ1) is 14.7. The van der Waals surface area contributed by atoms with E-state index in [-0.39, 0.29) is 10.8 Å². The summed E-state index contributed by atoms with van der Waals surface area (Å²) in [6.07, 6.45) is 2.22. The van der Waals surface area contributed by atoms with E-state index in [2.05, 4.69) is 0 Å². The number of nitrogens with one attached hydrogen (secondary N) is 1. The van der Waals surface area contributed by atoms with Gasteiger partial charge in [0.25, 0.3) is 10.0 Å². The van der Waals surface area contributed by atoms with Gasteiger partial charge in [-0.05, 0) is 24.1 Å². The topological polar surface area (TPSA) is 110 Å². The van der Waals surface area contributed by atoms with Crippen molar-refractivity contribution in [1.29, 1.82) is 0 Å². The predicted octanol–water partition coefficient (Wildman–Crippen LogP) is 3.31. The van der Waals surface area contributed by atoms with Crippen molar-refractivity contribution < 1.29 is 18.0 Å². The molecule has 9 heteroatoms. The number of sulfonamides is 1. The SMILES string of the molecule is CCCCC(=O)N(CCN)Cc1ccc(-c2ccccc2S(=O)(=O)NC(C)=O)c(Cl)c1. The molecule has 2 rings (SSSR count). The van der Waals surface area contributed by atoms with Gasteiger partial charge in [-0.25, -0.2) is 13.1 Å². The van der Waals surface area contributed by atoms with E-state index in [1.165, 1.54) is 6.07 Å². The van der Waals surface area contributed by atoms with Crippen LogP contribution >= 0.6 is 11.6 Å². The number of hydrogen-bond donors (Lipinski definition) is 2. The largest absolute Gasteiger partial charge is 0.337 e. The minimum atomic E-state index is -4.04. The second kappa shape index (κ2) is 11.3. The lowest BCUT2D eigenvalue weighted by Gasteiger charge is -2.22. The van der Waals surface area contributed by atoms with Crippen LogP contribution in [0.25, 0.3) is 11.1 Å². The molecule has 168 valence electrons. The average molecular weight is 466 g/mol. The Morgan fingerprint density at radius 1 is 1.13 bits per heavy atom. The van der Waals surface area contributed by atoms with Gasteiger partial charge in [-0.3, -0.25) is 9.59 Å². The maximum atomic E-state index is 12.6. The third-order valence-electron chi connectivity index (χ3n) is 4.65. The van der Waals surface area contributed by atoms with Gasteiger partial charge in [0.05, 0.1) is 4.90 Å². The Bertz CT molecular complexity index is 1040. The normalized spacial score (nSPS) is 11.2. The molecule has 2 aromatic carbocycles. The van der Waals surface area contributed by atoms with E-state index in [0.717, 1.165) is 25.3 Å². The number of carbonyl (C=O) groups is 2. The highest BCUT2D eigenvalue weighted by molar-refractivity contribution is 7.90. The maximum absolute atomic E-state index is 12.6. The van der Waals surface area contributed by atoms with Crippen molar-refractivity contribution in [2.45, 2.75) is 44.6 Å². The molecule has 0 bridgehead atoms. The van der Waals surface area contributed by atoms with Crippen LogP contribution in [0.2, 0.25) is 5.02 Å².